The van der Waals surface area contributed by atoms with Crippen molar-refractivity contribution in [2.45, 2.75) is 20.3 Å². The molecule has 0 fully saturated rings. The van der Waals surface area contributed by atoms with Gasteiger partial charge in [0.25, 0.3) is 0 Å². The number of nitrogens with one attached hydrogen (secondary N) is 1. The van der Waals surface area contributed by atoms with Crippen molar-refractivity contribution in [2.75, 3.05) is 13.1 Å². The van der Waals surface area contributed by atoms with Gasteiger partial charge in [0, 0.05) is 24.0 Å². The summed E-state index contributed by atoms with van der Waals surface area (Å²) in [5.41, 5.74) is 5.37. The number of amides is 1. The highest BCUT2D eigenvalue weighted by atomic mass is 16.2. The van der Waals surface area contributed by atoms with Gasteiger partial charge in [-0.25, -0.2) is 9.97 Å². The van der Waals surface area contributed by atoms with Gasteiger partial charge in [-0.15, -0.1) is 0 Å². The zero-order chi connectivity index (χ0) is 17.4. The number of para-hydroxylation sites is 2. The molecular formula is C20H20N4O. The molecule has 126 valence electrons. The summed E-state index contributed by atoms with van der Waals surface area (Å²) in [5, 5.41) is 1.01. The first kappa shape index (κ1) is 15.6. The highest BCUT2D eigenvalue weighted by molar-refractivity contribution is 6.06. The average Bonchev–Trinajstić information content (AvgIpc) is 2.97. The largest absolute Gasteiger partial charge is 0.343 e. The third kappa shape index (κ3) is 2.71. The number of hydrogen-bond acceptors (Lipinski definition) is 3. The van der Waals surface area contributed by atoms with E-state index in [1.807, 2.05) is 55.1 Å². The van der Waals surface area contributed by atoms with Crippen molar-refractivity contribution in [1.29, 1.82) is 0 Å². The minimum Gasteiger partial charge on any atom is -0.343 e. The second kappa shape index (κ2) is 6.16. The predicted octanol–water partition coefficient (Wildman–Crippen LogP) is 3.68. The molecule has 2 heterocycles. The van der Waals surface area contributed by atoms with E-state index in [1.54, 1.807) is 0 Å². The first-order valence-corrected chi connectivity index (χ1v) is 8.64. The Balaban J connectivity index is 1.80. The van der Waals surface area contributed by atoms with Gasteiger partial charge >= 0.3 is 0 Å². The third-order valence-electron chi connectivity index (χ3n) is 4.63. The van der Waals surface area contributed by atoms with E-state index in [0.717, 1.165) is 51.8 Å². The molecule has 1 N–H and O–H groups in total. The molecule has 0 spiro atoms. The molecule has 1 amide bonds. The predicted molar refractivity (Wildman–Crippen MR) is 101 cm³/mol. The van der Waals surface area contributed by atoms with Crippen LogP contribution in [0.5, 0.6) is 0 Å². The maximum atomic E-state index is 12.4. The molecule has 0 unspecified atom stereocenters. The number of aromatic amines is 1. The van der Waals surface area contributed by atoms with Crippen LogP contribution >= 0.6 is 0 Å². The van der Waals surface area contributed by atoms with Gasteiger partial charge in [-0.05, 0) is 43.7 Å². The Morgan fingerprint density at radius 3 is 2.48 bits per heavy atom. The fraction of sp³-hybridized carbons (Fsp3) is 0.250. The summed E-state index contributed by atoms with van der Waals surface area (Å²) in [6.45, 7) is 5.49. The van der Waals surface area contributed by atoms with Gasteiger partial charge in [0.15, 0.2) is 5.65 Å². The molecule has 0 bridgehead atoms. The summed E-state index contributed by atoms with van der Waals surface area (Å²) in [6.07, 6.45) is 0.408. The Bertz CT molecular complexity index is 1080. The number of aromatic nitrogens is 3. The number of rotatable bonds is 4. The SMILES string of the molecule is CCN(CC)C(=O)Cc1ccc2[nH]c3nc4ccccc4nc3c2c1. The zero-order valence-electron chi connectivity index (χ0n) is 14.4. The van der Waals surface area contributed by atoms with E-state index < -0.39 is 0 Å². The first-order valence-electron chi connectivity index (χ1n) is 8.64. The molecule has 0 aliphatic carbocycles. The fourth-order valence-corrected chi connectivity index (χ4v) is 3.27. The standard InChI is InChI=1S/C20H20N4O/c1-3-24(4-2)18(25)12-13-9-10-15-14(11-13)19-20(22-15)23-17-8-6-5-7-16(17)21-19/h5-11H,3-4,12H2,1-2H3,(H,22,23). The zero-order valence-corrected chi connectivity index (χ0v) is 14.4. The van der Waals surface area contributed by atoms with E-state index in [4.69, 9.17) is 4.98 Å². The van der Waals surface area contributed by atoms with E-state index in [1.165, 1.54) is 0 Å². The lowest BCUT2D eigenvalue weighted by Crippen LogP contribution is -2.31. The molecule has 4 rings (SSSR count). The number of carbonyl (C=O) groups excluding carboxylic acids is 1. The normalized spacial score (nSPS) is 11.4. The Labute approximate surface area is 145 Å². The van der Waals surface area contributed by atoms with Crippen molar-refractivity contribution in [2.24, 2.45) is 0 Å². The highest BCUT2D eigenvalue weighted by Gasteiger charge is 2.13. The smallest absolute Gasteiger partial charge is 0.226 e. The van der Waals surface area contributed by atoms with E-state index in [9.17, 15) is 4.79 Å². The molecule has 0 saturated heterocycles. The molecule has 2 aromatic carbocycles. The summed E-state index contributed by atoms with van der Waals surface area (Å²) in [4.78, 5) is 27.0. The molecule has 25 heavy (non-hydrogen) atoms. The van der Waals surface area contributed by atoms with Crippen molar-refractivity contribution in [3.05, 3.63) is 48.0 Å². The highest BCUT2D eigenvalue weighted by Crippen LogP contribution is 2.26. The molecule has 5 nitrogen and oxygen atoms in total. The van der Waals surface area contributed by atoms with Crippen LogP contribution < -0.4 is 0 Å². The van der Waals surface area contributed by atoms with Crippen LogP contribution in [0.3, 0.4) is 0 Å². The summed E-state index contributed by atoms with van der Waals surface area (Å²) < 4.78 is 0. The van der Waals surface area contributed by atoms with Crippen LogP contribution in [-0.4, -0.2) is 38.8 Å². The molecule has 2 aromatic heterocycles. The number of carbonyl (C=O) groups is 1. The second-order valence-electron chi connectivity index (χ2n) is 6.16. The van der Waals surface area contributed by atoms with E-state index in [0.29, 0.717) is 6.42 Å². The van der Waals surface area contributed by atoms with Gasteiger partial charge in [0.1, 0.15) is 5.52 Å². The number of H-pyrrole nitrogens is 1. The van der Waals surface area contributed by atoms with Crippen LogP contribution in [-0.2, 0) is 11.2 Å². The summed E-state index contributed by atoms with van der Waals surface area (Å²) >= 11 is 0. The van der Waals surface area contributed by atoms with Gasteiger partial charge in [-0.2, -0.15) is 0 Å². The molecular weight excluding hydrogens is 312 g/mol. The van der Waals surface area contributed by atoms with Crippen LogP contribution in [0.1, 0.15) is 19.4 Å². The van der Waals surface area contributed by atoms with Gasteiger partial charge in [-0.3, -0.25) is 4.79 Å². The Hall–Kier alpha value is -2.95. The quantitative estimate of drug-likeness (QED) is 0.620. The Morgan fingerprint density at radius 1 is 1.04 bits per heavy atom. The van der Waals surface area contributed by atoms with Gasteiger partial charge in [0.2, 0.25) is 5.91 Å². The number of fused-ring (bicyclic) bond motifs is 4. The van der Waals surface area contributed by atoms with E-state index >= 15 is 0 Å². The van der Waals surface area contributed by atoms with Crippen LogP contribution in [0.25, 0.3) is 33.1 Å². The first-order chi connectivity index (χ1) is 12.2. The monoisotopic (exact) mass is 332 g/mol. The maximum Gasteiger partial charge on any atom is 0.226 e. The van der Waals surface area contributed by atoms with Crippen LogP contribution in [0.15, 0.2) is 42.5 Å². The minimum atomic E-state index is 0.153. The number of hydrogen-bond donors (Lipinski definition) is 1. The molecule has 0 aliphatic heterocycles. The number of benzene rings is 2. The van der Waals surface area contributed by atoms with Crippen LogP contribution in [0.2, 0.25) is 0 Å². The third-order valence-corrected chi connectivity index (χ3v) is 4.63. The van der Waals surface area contributed by atoms with Crippen LogP contribution in [0, 0.1) is 0 Å². The molecule has 0 saturated carbocycles. The molecule has 0 radical (unpaired) electrons. The van der Waals surface area contributed by atoms with Gasteiger partial charge in [0.05, 0.1) is 17.5 Å². The summed E-state index contributed by atoms with van der Waals surface area (Å²) in [5.74, 6) is 0.153. The van der Waals surface area contributed by atoms with Gasteiger partial charge < -0.3 is 9.88 Å². The van der Waals surface area contributed by atoms with Crippen molar-refractivity contribution >= 4 is 39.0 Å². The topological polar surface area (TPSA) is 61.9 Å². The fourth-order valence-electron chi connectivity index (χ4n) is 3.27. The minimum absolute atomic E-state index is 0.153. The molecule has 4 aromatic rings. The summed E-state index contributed by atoms with van der Waals surface area (Å²) in [7, 11) is 0. The lowest BCUT2D eigenvalue weighted by Gasteiger charge is -2.18. The van der Waals surface area contributed by atoms with Crippen LogP contribution in [0.4, 0.5) is 0 Å². The molecule has 5 heteroatoms. The van der Waals surface area contributed by atoms with Crippen molar-refractivity contribution in [3.8, 4) is 0 Å². The van der Waals surface area contributed by atoms with Crippen molar-refractivity contribution in [1.82, 2.24) is 19.9 Å². The maximum absolute atomic E-state index is 12.4. The Morgan fingerprint density at radius 2 is 1.76 bits per heavy atom. The Kier molecular flexibility index (Phi) is 3.84. The van der Waals surface area contributed by atoms with Crippen molar-refractivity contribution < 1.29 is 4.79 Å². The number of nitrogens with zero attached hydrogens (tertiary/aromatic N) is 3. The van der Waals surface area contributed by atoms with Crippen molar-refractivity contribution in [3.63, 3.8) is 0 Å². The second-order valence-corrected chi connectivity index (χ2v) is 6.16. The molecule has 0 atom stereocenters. The number of likely N-dealkylation sites (N-methyl/N-ethyl adjacent to an activating group) is 1. The average molecular weight is 332 g/mol. The van der Waals surface area contributed by atoms with E-state index in [-0.39, 0.29) is 5.91 Å². The lowest BCUT2D eigenvalue weighted by molar-refractivity contribution is -0.130. The lowest BCUT2D eigenvalue weighted by atomic mass is 10.1. The summed E-state index contributed by atoms with van der Waals surface area (Å²) in [6, 6.07) is 13.9. The van der Waals surface area contributed by atoms with E-state index in [2.05, 4.69) is 16.0 Å². The molecule has 0 aliphatic rings. The van der Waals surface area contributed by atoms with Gasteiger partial charge in [-0.1, -0.05) is 18.2 Å².